The van der Waals surface area contributed by atoms with Gasteiger partial charge in [-0.15, -0.1) is 0 Å². The average molecular weight is 293 g/mol. The summed E-state index contributed by atoms with van der Waals surface area (Å²) in [6.45, 7) is 4.72. The minimum absolute atomic E-state index is 0.114. The van der Waals surface area contributed by atoms with Gasteiger partial charge in [-0.2, -0.15) is 5.10 Å². The van der Waals surface area contributed by atoms with Crippen molar-refractivity contribution < 1.29 is 8.78 Å². The predicted octanol–water partition coefficient (Wildman–Crippen LogP) is 3.15. The van der Waals surface area contributed by atoms with Crippen molar-refractivity contribution in [2.45, 2.75) is 32.7 Å². The third-order valence-corrected chi connectivity index (χ3v) is 3.61. The van der Waals surface area contributed by atoms with E-state index < -0.39 is 11.6 Å². The Morgan fingerprint density at radius 3 is 2.43 bits per heavy atom. The molecule has 21 heavy (non-hydrogen) atoms. The molecule has 1 unspecified atom stereocenters. The molecule has 2 aromatic rings. The molecular formula is C16H21F2N3. The number of likely N-dealkylation sites (N-methyl/N-ethyl adjacent to an activating group) is 1. The van der Waals surface area contributed by atoms with Gasteiger partial charge in [0, 0.05) is 12.6 Å². The van der Waals surface area contributed by atoms with Gasteiger partial charge in [0.2, 0.25) is 0 Å². The van der Waals surface area contributed by atoms with Gasteiger partial charge in [0.25, 0.3) is 0 Å². The van der Waals surface area contributed by atoms with Gasteiger partial charge in [-0.05, 0) is 37.6 Å². The lowest BCUT2D eigenvalue weighted by molar-refractivity contribution is 0.476. The van der Waals surface area contributed by atoms with Crippen molar-refractivity contribution in [2.24, 2.45) is 7.05 Å². The minimum Gasteiger partial charge on any atom is -0.309 e. The predicted molar refractivity (Wildman–Crippen MR) is 79.1 cm³/mol. The first-order chi connectivity index (χ1) is 10.1. The van der Waals surface area contributed by atoms with Crippen LogP contribution in [0.4, 0.5) is 8.78 Å². The van der Waals surface area contributed by atoms with Crippen LogP contribution in [0.1, 0.15) is 36.8 Å². The Labute approximate surface area is 124 Å². The lowest BCUT2D eigenvalue weighted by Crippen LogP contribution is -2.25. The van der Waals surface area contributed by atoms with Crippen molar-refractivity contribution in [3.63, 3.8) is 0 Å². The van der Waals surface area contributed by atoms with E-state index in [1.807, 2.05) is 27.0 Å². The molecule has 0 amide bonds. The summed E-state index contributed by atoms with van der Waals surface area (Å²) in [7, 11) is 1.86. The highest BCUT2D eigenvalue weighted by Crippen LogP contribution is 2.23. The van der Waals surface area contributed by atoms with E-state index in [0.29, 0.717) is 6.54 Å². The topological polar surface area (TPSA) is 29.9 Å². The molecule has 2 rings (SSSR count). The Bertz CT molecular complexity index is 587. The number of rotatable bonds is 6. The van der Waals surface area contributed by atoms with Crippen LogP contribution in [0.15, 0.2) is 24.3 Å². The third kappa shape index (κ3) is 3.47. The Morgan fingerprint density at radius 2 is 1.90 bits per heavy atom. The molecule has 0 aliphatic rings. The fourth-order valence-corrected chi connectivity index (χ4v) is 2.50. The first kappa shape index (κ1) is 15.6. The van der Waals surface area contributed by atoms with Crippen molar-refractivity contribution >= 4 is 0 Å². The smallest absolute Gasteiger partial charge is 0.129 e. The van der Waals surface area contributed by atoms with Gasteiger partial charge >= 0.3 is 0 Å². The Kier molecular flexibility index (Phi) is 5.07. The van der Waals surface area contributed by atoms with Crippen LogP contribution in [0.5, 0.6) is 0 Å². The normalized spacial score (nSPS) is 12.6. The van der Waals surface area contributed by atoms with E-state index in [1.54, 1.807) is 4.68 Å². The van der Waals surface area contributed by atoms with Crippen LogP contribution in [0, 0.1) is 11.6 Å². The number of nitrogens with one attached hydrogen (secondary N) is 1. The summed E-state index contributed by atoms with van der Waals surface area (Å²) in [5.74, 6) is -1.01. The highest BCUT2D eigenvalue weighted by Gasteiger charge is 2.20. The molecule has 0 spiro atoms. The van der Waals surface area contributed by atoms with E-state index in [9.17, 15) is 8.78 Å². The number of halogens is 2. The Balaban J connectivity index is 2.33. The molecule has 3 nitrogen and oxygen atoms in total. The largest absolute Gasteiger partial charge is 0.309 e. The fourth-order valence-electron chi connectivity index (χ4n) is 2.50. The van der Waals surface area contributed by atoms with E-state index in [4.69, 9.17) is 0 Å². The number of aryl methyl sites for hydroxylation is 2. The quantitative estimate of drug-likeness (QED) is 0.886. The van der Waals surface area contributed by atoms with Crippen molar-refractivity contribution in [1.82, 2.24) is 15.1 Å². The Hall–Kier alpha value is -1.75. The summed E-state index contributed by atoms with van der Waals surface area (Å²) in [5, 5.41) is 7.69. The molecular weight excluding hydrogens is 272 g/mol. The summed E-state index contributed by atoms with van der Waals surface area (Å²) >= 11 is 0. The summed E-state index contributed by atoms with van der Waals surface area (Å²) in [6.07, 6.45) is 1.09. The molecule has 0 saturated carbocycles. The van der Waals surface area contributed by atoms with E-state index in [-0.39, 0.29) is 18.0 Å². The van der Waals surface area contributed by atoms with Crippen molar-refractivity contribution in [3.8, 4) is 0 Å². The number of nitrogens with zero attached hydrogens (tertiary/aromatic N) is 2. The van der Waals surface area contributed by atoms with E-state index in [0.717, 1.165) is 17.8 Å². The van der Waals surface area contributed by atoms with Gasteiger partial charge in [-0.25, -0.2) is 8.78 Å². The van der Waals surface area contributed by atoms with Crippen LogP contribution < -0.4 is 5.32 Å². The first-order valence-corrected chi connectivity index (χ1v) is 7.25. The van der Waals surface area contributed by atoms with E-state index >= 15 is 0 Å². The number of benzene rings is 1. The molecule has 0 aliphatic heterocycles. The first-order valence-electron chi connectivity index (χ1n) is 7.25. The SMILES string of the molecule is CCNC(Cc1c(F)cccc1F)c1cc(CC)nn1C. The maximum Gasteiger partial charge on any atom is 0.129 e. The molecule has 0 aliphatic carbocycles. The van der Waals surface area contributed by atoms with E-state index in [1.165, 1.54) is 18.2 Å². The third-order valence-electron chi connectivity index (χ3n) is 3.61. The molecule has 0 radical (unpaired) electrons. The molecule has 1 atom stereocenters. The molecule has 114 valence electrons. The molecule has 5 heteroatoms. The highest BCUT2D eigenvalue weighted by molar-refractivity contribution is 5.24. The zero-order valence-electron chi connectivity index (χ0n) is 12.7. The molecule has 0 fully saturated rings. The van der Waals surface area contributed by atoms with Gasteiger partial charge < -0.3 is 5.32 Å². The summed E-state index contributed by atoms with van der Waals surface area (Å²) in [5.41, 5.74) is 2.03. The Morgan fingerprint density at radius 1 is 1.24 bits per heavy atom. The second-order valence-electron chi connectivity index (χ2n) is 5.05. The van der Waals surface area contributed by atoms with Gasteiger partial charge in [-0.1, -0.05) is 19.9 Å². The number of hydrogen-bond acceptors (Lipinski definition) is 2. The molecule has 1 N–H and O–H groups in total. The summed E-state index contributed by atoms with van der Waals surface area (Å²) < 4.78 is 29.5. The summed E-state index contributed by atoms with van der Waals surface area (Å²) in [6, 6.07) is 5.80. The van der Waals surface area contributed by atoms with Crippen LogP contribution in [0.25, 0.3) is 0 Å². The molecule has 1 heterocycles. The summed E-state index contributed by atoms with van der Waals surface area (Å²) in [4.78, 5) is 0. The van der Waals surface area contributed by atoms with Crippen LogP contribution in [-0.4, -0.2) is 16.3 Å². The monoisotopic (exact) mass is 293 g/mol. The van der Waals surface area contributed by atoms with Gasteiger partial charge in [-0.3, -0.25) is 4.68 Å². The lowest BCUT2D eigenvalue weighted by Gasteiger charge is -2.19. The molecule has 0 saturated heterocycles. The van der Waals surface area contributed by atoms with Crippen LogP contribution >= 0.6 is 0 Å². The fraction of sp³-hybridized carbons (Fsp3) is 0.438. The van der Waals surface area contributed by atoms with Crippen molar-refractivity contribution in [2.75, 3.05) is 6.54 Å². The second kappa shape index (κ2) is 6.80. The lowest BCUT2D eigenvalue weighted by atomic mass is 10.0. The second-order valence-corrected chi connectivity index (χ2v) is 5.05. The molecule has 1 aromatic heterocycles. The van der Waals surface area contributed by atoms with E-state index in [2.05, 4.69) is 10.4 Å². The molecule has 1 aromatic carbocycles. The minimum atomic E-state index is -0.504. The van der Waals surface area contributed by atoms with Crippen molar-refractivity contribution in [1.29, 1.82) is 0 Å². The zero-order chi connectivity index (χ0) is 15.4. The van der Waals surface area contributed by atoms with Gasteiger partial charge in [0.05, 0.1) is 17.4 Å². The molecule has 0 bridgehead atoms. The standard InChI is InChI=1S/C16H21F2N3/c1-4-11-9-16(21(3)20-11)15(19-5-2)10-12-13(17)7-6-8-14(12)18/h6-9,15,19H,4-5,10H2,1-3H3. The van der Waals surface area contributed by atoms with Crippen LogP contribution in [0.2, 0.25) is 0 Å². The zero-order valence-corrected chi connectivity index (χ0v) is 12.7. The van der Waals surface area contributed by atoms with Gasteiger partial charge in [0.15, 0.2) is 0 Å². The number of aromatic nitrogens is 2. The maximum absolute atomic E-state index is 13.8. The number of hydrogen-bond donors (Lipinski definition) is 1. The maximum atomic E-state index is 13.8. The van der Waals surface area contributed by atoms with Gasteiger partial charge in [0.1, 0.15) is 11.6 Å². The highest BCUT2D eigenvalue weighted by atomic mass is 19.1. The van der Waals surface area contributed by atoms with Crippen molar-refractivity contribution in [3.05, 3.63) is 52.9 Å². The van der Waals surface area contributed by atoms with Crippen LogP contribution in [0.3, 0.4) is 0 Å². The van der Waals surface area contributed by atoms with Crippen LogP contribution in [-0.2, 0) is 19.9 Å². The average Bonchev–Trinajstić information content (AvgIpc) is 2.83.